The average molecular weight is 336 g/mol. The van der Waals surface area contributed by atoms with Crippen LogP contribution in [-0.2, 0) is 6.54 Å². The number of thiazole rings is 1. The van der Waals surface area contributed by atoms with Gasteiger partial charge < -0.3 is 9.47 Å². The molecule has 0 radical (unpaired) electrons. The van der Waals surface area contributed by atoms with Crippen molar-refractivity contribution >= 4 is 22.4 Å². The molecule has 0 saturated carbocycles. The predicted molar refractivity (Wildman–Crippen MR) is 90.3 cm³/mol. The SMILES string of the molecule is c1ccc2c(c1)nnn2Cc1csc(-c2ccc3c(c2)OCO3)n1. The van der Waals surface area contributed by atoms with Gasteiger partial charge in [-0.25, -0.2) is 9.67 Å². The van der Waals surface area contributed by atoms with E-state index in [4.69, 9.17) is 14.5 Å². The highest BCUT2D eigenvalue weighted by Gasteiger charge is 2.15. The number of benzene rings is 2. The Morgan fingerprint density at radius 2 is 2.00 bits per heavy atom. The van der Waals surface area contributed by atoms with E-state index >= 15 is 0 Å². The Morgan fingerprint density at radius 3 is 3.00 bits per heavy atom. The van der Waals surface area contributed by atoms with Crippen LogP contribution in [0.3, 0.4) is 0 Å². The maximum Gasteiger partial charge on any atom is 0.231 e. The maximum absolute atomic E-state index is 5.43. The van der Waals surface area contributed by atoms with Crippen LogP contribution in [0.2, 0.25) is 0 Å². The van der Waals surface area contributed by atoms with Crippen LogP contribution in [0.5, 0.6) is 11.5 Å². The largest absolute Gasteiger partial charge is 0.454 e. The highest BCUT2D eigenvalue weighted by molar-refractivity contribution is 7.13. The fourth-order valence-corrected chi connectivity index (χ4v) is 3.54. The van der Waals surface area contributed by atoms with Gasteiger partial charge in [-0.15, -0.1) is 16.4 Å². The van der Waals surface area contributed by atoms with E-state index in [9.17, 15) is 0 Å². The molecule has 0 atom stereocenters. The van der Waals surface area contributed by atoms with Gasteiger partial charge in [-0.2, -0.15) is 0 Å². The third kappa shape index (κ3) is 2.21. The van der Waals surface area contributed by atoms with Gasteiger partial charge in [-0.1, -0.05) is 17.3 Å². The quantitative estimate of drug-likeness (QED) is 0.574. The number of aromatic nitrogens is 4. The predicted octanol–water partition coefficient (Wildman–Crippen LogP) is 3.33. The summed E-state index contributed by atoms with van der Waals surface area (Å²) in [5.74, 6) is 1.55. The number of fused-ring (bicyclic) bond motifs is 2. The second kappa shape index (κ2) is 5.31. The van der Waals surface area contributed by atoms with E-state index in [0.29, 0.717) is 6.54 Å². The molecule has 5 rings (SSSR count). The topological polar surface area (TPSA) is 62.1 Å². The summed E-state index contributed by atoms with van der Waals surface area (Å²) in [6.07, 6.45) is 0. The summed E-state index contributed by atoms with van der Waals surface area (Å²) < 4.78 is 12.6. The monoisotopic (exact) mass is 336 g/mol. The summed E-state index contributed by atoms with van der Waals surface area (Å²) in [5, 5.41) is 11.4. The first kappa shape index (κ1) is 13.5. The summed E-state index contributed by atoms with van der Waals surface area (Å²) in [5.41, 5.74) is 3.89. The van der Waals surface area contributed by atoms with Crippen molar-refractivity contribution in [1.29, 1.82) is 0 Å². The number of para-hydroxylation sites is 1. The lowest BCUT2D eigenvalue weighted by molar-refractivity contribution is 0.174. The van der Waals surface area contributed by atoms with Gasteiger partial charge in [-0.05, 0) is 30.3 Å². The highest BCUT2D eigenvalue weighted by Crippen LogP contribution is 2.36. The fourth-order valence-electron chi connectivity index (χ4n) is 2.73. The van der Waals surface area contributed by atoms with Crippen molar-refractivity contribution in [2.24, 2.45) is 0 Å². The minimum atomic E-state index is 0.279. The standard InChI is InChI=1S/C17H12N4O2S/c1-2-4-14-13(3-1)19-20-21(14)8-12-9-24-17(18-12)11-5-6-15-16(7-11)23-10-22-15/h1-7,9H,8,10H2. The molecule has 3 heterocycles. The molecule has 0 bridgehead atoms. The van der Waals surface area contributed by atoms with Crippen LogP contribution in [0.1, 0.15) is 5.69 Å². The summed E-state index contributed by atoms with van der Waals surface area (Å²) in [6, 6.07) is 13.8. The molecule has 24 heavy (non-hydrogen) atoms. The van der Waals surface area contributed by atoms with Crippen LogP contribution in [0.25, 0.3) is 21.6 Å². The Bertz CT molecular complexity index is 1040. The molecular formula is C17H12N4O2S. The Kier molecular flexibility index (Phi) is 2.99. The van der Waals surface area contributed by atoms with Crippen molar-refractivity contribution in [3.63, 3.8) is 0 Å². The zero-order valence-electron chi connectivity index (χ0n) is 12.5. The Hall–Kier alpha value is -2.93. The number of hydrogen-bond acceptors (Lipinski definition) is 6. The second-order valence-electron chi connectivity index (χ2n) is 5.45. The molecule has 0 N–H and O–H groups in total. The fraction of sp³-hybridized carbons (Fsp3) is 0.118. The molecule has 0 amide bonds. The Morgan fingerprint density at radius 1 is 1.08 bits per heavy atom. The molecule has 4 aromatic rings. The molecule has 7 heteroatoms. The summed E-state index contributed by atoms with van der Waals surface area (Å²) >= 11 is 1.61. The number of hydrogen-bond donors (Lipinski definition) is 0. The highest BCUT2D eigenvalue weighted by atomic mass is 32.1. The van der Waals surface area contributed by atoms with Crippen molar-refractivity contribution in [3.05, 3.63) is 53.5 Å². The van der Waals surface area contributed by atoms with Crippen LogP contribution in [0, 0.1) is 0 Å². The van der Waals surface area contributed by atoms with Crippen LogP contribution in [-0.4, -0.2) is 26.8 Å². The second-order valence-corrected chi connectivity index (χ2v) is 6.31. The van der Waals surface area contributed by atoms with E-state index in [1.807, 2.05) is 47.1 Å². The van der Waals surface area contributed by atoms with Gasteiger partial charge in [0.2, 0.25) is 6.79 Å². The zero-order chi connectivity index (χ0) is 15.9. The molecule has 0 saturated heterocycles. The molecule has 0 spiro atoms. The van der Waals surface area contributed by atoms with E-state index in [-0.39, 0.29) is 6.79 Å². The lowest BCUT2D eigenvalue weighted by atomic mass is 10.2. The van der Waals surface area contributed by atoms with Gasteiger partial charge >= 0.3 is 0 Å². The Labute approximate surface area is 141 Å². The molecule has 1 aliphatic rings. The van der Waals surface area contributed by atoms with Crippen LogP contribution >= 0.6 is 11.3 Å². The molecule has 118 valence electrons. The number of nitrogens with zero attached hydrogens (tertiary/aromatic N) is 4. The van der Waals surface area contributed by atoms with Gasteiger partial charge in [0.1, 0.15) is 10.5 Å². The summed E-state index contributed by atoms with van der Waals surface area (Å²) in [7, 11) is 0. The third-order valence-electron chi connectivity index (χ3n) is 3.90. The van der Waals surface area contributed by atoms with Crippen molar-refractivity contribution < 1.29 is 9.47 Å². The van der Waals surface area contributed by atoms with Crippen molar-refractivity contribution in [3.8, 4) is 22.1 Å². The molecular weight excluding hydrogens is 324 g/mol. The van der Waals surface area contributed by atoms with E-state index < -0.39 is 0 Å². The van der Waals surface area contributed by atoms with Crippen LogP contribution in [0.15, 0.2) is 47.8 Å². The number of rotatable bonds is 3. The molecule has 0 fully saturated rings. The van der Waals surface area contributed by atoms with Crippen LogP contribution < -0.4 is 9.47 Å². The van der Waals surface area contributed by atoms with Crippen LogP contribution in [0.4, 0.5) is 0 Å². The van der Waals surface area contributed by atoms with Crippen molar-refractivity contribution in [2.45, 2.75) is 6.54 Å². The summed E-state index contributed by atoms with van der Waals surface area (Å²) in [4.78, 5) is 4.72. The molecule has 6 nitrogen and oxygen atoms in total. The van der Waals surface area contributed by atoms with Gasteiger partial charge in [0.25, 0.3) is 0 Å². The lowest BCUT2D eigenvalue weighted by Gasteiger charge is -2.00. The van der Waals surface area contributed by atoms with Gasteiger partial charge in [0, 0.05) is 10.9 Å². The minimum Gasteiger partial charge on any atom is -0.454 e. The number of ether oxygens (including phenoxy) is 2. The van der Waals surface area contributed by atoms with Gasteiger partial charge in [0.05, 0.1) is 17.8 Å². The minimum absolute atomic E-state index is 0.279. The molecule has 0 aliphatic carbocycles. The molecule has 1 aliphatic heterocycles. The summed E-state index contributed by atoms with van der Waals surface area (Å²) in [6.45, 7) is 0.878. The molecule has 2 aromatic heterocycles. The molecule has 2 aromatic carbocycles. The Balaban J connectivity index is 1.45. The van der Waals surface area contributed by atoms with E-state index in [1.54, 1.807) is 11.3 Å². The first-order valence-corrected chi connectivity index (χ1v) is 8.37. The van der Waals surface area contributed by atoms with E-state index in [1.165, 1.54) is 0 Å². The molecule has 0 unspecified atom stereocenters. The zero-order valence-corrected chi connectivity index (χ0v) is 13.4. The van der Waals surface area contributed by atoms with Crippen molar-refractivity contribution in [2.75, 3.05) is 6.79 Å². The third-order valence-corrected chi connectivity index (χ3v) is 4.84. The van der Waals surface area contributed by atoms with E-state index in [2.05, 4.69) is 15.7 Å². The van der Waals surface area contributed by atoms with Gasteiger partial charge in [0.15, 0.2) is 11.5 Å². The smallest absolute Gasteiger partial charge is 0.231 e. The first-order valence-electron chi connectivity index (χ1n) is 7.49. The van der Waals surface area contributed by atoms with Crippen molar-refractivity contribution in [1.82, 2.24) is 20.0 Å². The van der Waals surface area contributed by atoms with Gasteiger partial charge in [-0.3, -0.25) is 0 Å². The average Bonchev–Trinajstić information content (AvgIpc) is 3.34. The van der Waals surface area contributed by atoms with E-state index in [0.717, 1.165) is 38.8 Å². The first-order chi connectivity index (χ1) is 11.9. The maximum atomic E-state index is 5.43. The normalized spacial score (nSPS) is 12.8. The lowest BCUT2D eigenvalue weighted by Crippen LogP contribution is -2.02.